The predicted octanol–water partition coefficient (Wildman–Crippen LogP) is 4.06. The number of para-hydroxylation sites is 1. The number of nitrogens with one attached hydrogen (secondary N) is 1. The molecule has 1 atom stereocenters. The van der Waals surface area contributed by atoms with Gasteiger partial charge in [-0.05, 0) is 48.7 Å². The van der Waals surface area contributed by atoms with Crippen LogP contribution in [0.25, 0.3) is 10.9 Å². The second-order valence-corrected chi connectivity index (χ2v) is 5.10. The van der Waals surface area contributed by atoms with Crippen LogP contribution in [-0.4, -0.2) is 9.67 Å². The molecule has 0 bridgehead atoms. The van der Waals surface area contributed by atoms with Crippen molar-refractivity contribution in [2.45, 2.75) is 13.0 Å². The van der Waals surface area contributed by atoms with Crippen molar-refractivity contribution in [3.8, 4) is 5.75 Å². The first-order chi connectivity index (χ1) is 9.65. The van der Waals surface area contributed by atoms with Crippen LogP contribution in [0.4, 0.5) is 5.69 Å². The number of aromatic nitrogens is 1. The Balaban J connectivity index is 1.90. The number of fused-ring (bicyclic) bond motifs is 1. The van der Waals surface area contributed by atoms with Crippen LogP contribution in [0.15, 0.2) is 54.6 Å². The SMILES string of the molecule is CC(Nc1ccc(O)cc1)c1cc2ccccc2n1C. The zero-order valence-corrected chi connectivity index (χ0v) is 11.7. The monoisotopic (exact) mass is 266 g/mol. The molecule has 0 aliphatic carbocycles. The Morgan fingerprint density at radius 3 is 2.45 bits per heavy atom. The van der Waals surface area contributed by atoms with Gasteiger partial charge in [0.15, 0.2) is 0 Å². The molecule has 0 saturated heterocycles. The smallest absolute Gasteiger partial charge is 0.115 e. The number of anilines is 1. The van der Waals surface area contributed by atoms with Crippen molar-refractivity contribution < 1.29 is 5.11 Å². The summed E-state index contributed by atoms with van der Waals surface area (Å²) < 4.78 is 2.22. The third kappa shape index (κ3) is 2.23. The Bertz CT molecular complexity index is 728. The van der Waals surface area contributed by atoms with Crippen molar-refractivity contribution in [3.05, 3.63) is 60.3 Å². The third-order valence-electron chi connectivity index (χ3n) is 3.68. The van der Waals surface area contributed by atoms with Gasteiger partial charge in [-0.25, -0.2) is 0 Å². The van der Waals surface area contributed by atoms with Crippen molar-refractivity contribution in [3.63, 3.8) is 0 Å². The fourth-order valence-electron chi connectivity index (χ4n) is 2.61. The number of phenolic OH excluding ortho intramolecular Hbond substituents is 1. The highest BCUT2D eigenvalue weighted by atomic mass is 16.3. The maximum Gasteiger partial charge on any atom is 0.115 e. The summed E-state index contributed by atoms with van der Waals surface area (Å²) >= 11 is 0. The highest BCUT2D eigenvalue weighted by molar-refractivity contribution is 5.81. The van der Waals surface area contributed by atoms with Gasteiger partial charge >= 0.3 is 0 Å². The molecule has 0 saturated carbocycles. The van der Waals surface area contributed by atoms with E-state index in [-0.39, 0.29) is 11.8 Å². The number of aryl methyl sites for hydroxylation is 1. The van der Waals surface area contributed by atoms with E-state index in [1.807, 2.05) is 12.1 Å². The van der Waals surface area contributed by atoms with Crippen molar-refractivity contribution >= 4 is 16.6 Å². The predicted molar refractivity (Wildman–Crippen MR) is 83.1 cm³/mol. The van der Waals surface area contributed by atoms with E-state index in [0.717, 1.165) is 5.69 Å². The first kappa shape index (κ1) is 12.6. The highest BCUT2D eigenvalue weighted by Gasteiger charge is 2.12. The first-order valence-electron chi connectivity index (χ1n) is 6.75. The number of nitrogens with zero attached hydrogens (tertiary/aromatic N) is 1. The molecule has 2 aromatic carbocycles. The number of benzene rings is 2. The highest BCUT2D eigenvalue weighted by Crippen LogP contribution is 2.26. The number of phenols is 1. The van der Waals surface area contributed by atoms with Crippen molar-refractivity contribution in [2.24, 2.45) is 7.05 Å². The summed E-state index contributed by atoms with van der Waals surface area (Å²) in [5, 5.41) is 14.0. The fraction of sp³-hybridized carbons (Fsp3) is 0.176. The van der Waals surface area contributed by atoms with Crippen LogP contribution in [0.1, 0.15) is 18.7 Å². The lowest BCUT2D eigenvalue weighted by Crippen LogP contribution is -2.10. The number of hydrogen-bond acceptors (Lipinski definition) is 2. The van der Waals surface area contributed by atoms with Crippen LogP contribution in [0.3, 0.4) is 0 Å². The van der Waals surface area contributed by atoms with Crippen LogP contribution in [0.5, 0.6) is 5.75 Å². The minimum Gasteiger partial charge on any atom is -0.508 e. The maximum atomic E-state index is 9.32. The molecule has 20 heavy (non-hydrogen) atoms. The molecule has 1 heterocycles. The minimum atomic E-state index is 0.192. The van der Waals surface area contributed by atoms with Gasteiger partial charge < -0.3 is 15.0 Å². The van der Waals surface area contributed by atoms with Gasteiger partial charge in [-0.15, -0.1) is 0 Å². The molecule has 3 nitrogen and oxygen atoms in total. The molecular weight excluding hydrogens is 248 g/mol. The van der Waals surface area contributed by atoms with Gasteiger partial charge in [0.05, 0.1) is 6.04 Å². The van der Waals surface area contributed by atoms with Gasteiger partial charge in [0.2, 0.25) is 0 Å². The Labute approximate surface area is 118 Å². The van der Waals surface area contributed by atoms with Gasteiger partial charge in [-0.3, -0.25) is 0 Å². The first-order valence-corrected chi connectivity index (χ1v) is 6.75. The third-order valence-corrected chi connectivity index (χ3v) is 3.68. The molecule has 1 aromatic heterocycles. The molecule has 0 spiro atoms. The maximum absolute atomic E-state index is 9.32. The van der Waals surface area contributed by atoms with Crippen LogP contribution >= 0.6 is 0 Å². The lowest BCUT2D eigenvalue weighted by molar-refractivity contribution is 0.475. The minimum absolute atomic E-state index is 0.192. The average molecular weight is 266 g/mol. The second kappa shape index (κ2) is 4.93. The van der Waals surface area contributed by atoms with E-state index >= 15 is 0 Å². The standard InChI is InChI=1S/C17H18N2O/c1-12(18-14-7-9-15(20)10-8-14)17-11-13-5-3-4-6-16(13)19(17)2/h3-12,18,20H,1-2H3. The summed E-state index contributed by atoms with van der Waals surface area (Å²) in [7, 11) is 2.09. The molecule has 3 rings (SSSR count). The molecule has 1 unspecified atom stereocenters. The summed E-state index contributed by atoms with van der Waals surface area (Å²) in [6.45, 7) is 2.14. The Hall–Kier alpha value is -2.42. The second-order valence-electron chi connectivity index (χ2n) is 5.10. The topological polar surface area (TPSA) is 37.2 Å². The van der Waals surface area contributed by atoms with Crippen LogP contribution in [-0.2, 0) is 7.05 Å². The fourth-order valence-corrected chi connectivity index (χ4v) is 2.61. The molecule has 0 fully saturated rings. The van der Waals surface area contributed by atoms with E-state index in [4.69, 9.17) is 0 Å². The number of aromatic hydroxyl groups is 1. The van der Waals surface area contributed by atoms with Gasteiger partial charge in [0, 0.05) is 23.9 Å². The zero-order valence-electron chi connectivity index (χ0n) is 11.7. The Morgan fingerprint density at radius 2 is 1.75 bits per heavy atom. The summed E-state index contributed by atoms with van der Waals surface area (Å²) in [5.41, 5.74) is 3.47. The summed E-state index contributed by atoms with van der Waals surface area (Å²) in [5.74, 6) is 0.285. The van der Waals surface area contributed by atoms with E-state index in [1.165, 1.54) is 16.6 Å². The molecule has 3 heteroatoms. The molecule has 0 amide bonds. The van der Waals surface area contributed by atoms with Crippen molar-refractivity contribution in [1.29, 1.82) is 0 Å². The largest absolute Gasteiger partial charge is 0.508 e. The van der Waals surface area contributed by atoms with Crippen LogP contribution in [0.2, 0.25) is 0 Å². The van der Waals surface area contributed by atoms with Gasteiger partial charge in [-0.1, -0.05) is 18.2 Å². The average Bonchev–Trinajstić information content (AvgIpc) is 2.79. The Kier molecular flexibility index (Phi) is 3.11. The van der Waals surface area contributed by atoms with Crippen LogP contribution < -0.4 is 5.32 Å². The molecule has 0 aliphatic heterocycles. The summed E-state index contributed by atoms with van der Waals surface area (Å²) in [4.78, 5) is 0. The number of hydrogen-bond donors (Lipinski definition) is 2. The molecule has 0 aliphatic rings. The van der Waals surface area contributed by atoms with Crippen molar-refractivity contribution in [1.82, 2.24) is 4.57 Å². The summed E-state index contributed by atoms with van der Waals surface area (Å²) in [6, 6.07) is 17.9. The molecule has 2 N–H and O–H groups in total. The van der Waals surface area contributed by atoms with Gasteiger partial charge in [0.1, 0.15) is 5.75 Å². The van der Waals surface area contributed by atoms with E-state index in [1.54, 1.807) is 12.1 Å². The number of rotatable bonds is 3. The lowest BCUT2D eigenvalue weighted by Gasteiger charge is -2.16. The van der Waals surface area contributed by atoms with E-state index < -0.39 is 0 Å². The Morgan fingerprint density at radius 1 is 1.05 bits per heavy atom. The molecular formula is C17H18N2O. The van der Waals surface area contributed by atoms with E-state index in [0.29, 0.717) is 0 Å². The zero-order chi connectivity index (χ0) is 14.1. The van der Waals surface area contributed by atoms with Crippen LogP contribution in [0, 0.1) is 0 Å². The summed E-state index contributed by atoms with van der Waals surface area (Å²) in [6.07, 6.45) is 0. The quantitative estimate of drug-likeness (QED) is 0.701. The van der Waals surface area contributed by atoms with E-state index in [9.17, 15) is 5.11 Å². The van der Waals surface area contributed by atoms with Gasteiger partial charge in [-0.2, -0.15) is 0 Å². The normalized spacial score (nSPS) is 12.5. The lowest BCUT2D eigenvalue weighted by atomic mass is 10.2. The molecule has 0 radical (unpaired) electrons. The molecule has 3 aromatic rings. The molecule has 102 valence electrons. The van der Waals surface area contributed by atoms with Crippen molar-refractivity contribution in [2.75, 3.05) is 5.32 Å². The van der Waals surface area contributed by atoms with Gasteiger partial charge in [0.25, 0.3) is 0 Å². The van der Waals surface area contributed by atoms with E-state index in [2.05, 4.69) is 54.2 Å².